The van der Waals surface area contributed by atoms with E-state index < -0.39 is 11.6 Å². The molecule has 0 saturated carbocycles. The van der Waals surface area contributed by atoms with E-state index in [-0.39, 0.29) is 6.54 Å². The van der Waals surface area contributed by atoms with Crippen LogP contribution in [0.25, 0.3) is 17.6 Å². The summed E-state index contributed by atoms with van der Waals surface area (Å²) in [6, 6.07) is 9.06. The normalized spacial score (nSPS) is 10.9. The highest BCUT2D eigenvalue weighted by atomic mass is 35.5. The topological polar surface area (TPSA) is 91.5 Å². The van der Waals surface area contributed by atoms with Crippen LogP contribution in [-0.4, -0.2) is 34.8 Å². The summed E-state index contributed by atoms with van der Waals surface area (Å²) >= 11 is 11.9. The molecule has 3 N–H and O–H groups in total. The minimum Gasteiger partial charge on any atom is -0.388 e. The molecule has 0 unspecified atom stereocenters. The lowest BCUT2D eigenvalue weighted by Crippen LogP contribution is -2.22. The second-order valence-corrected chi connectivity index (χ2v) is 8.83. The summed E-state index contributed by atoms with van der Waals surface area (Å²) in [7, 11) is 3.61. The third-order valence-corrected chi connectivity index (χ3v) is 5.65. The van der Waals surface area contributed by atoms with Gasteiger partial charge >= 0.3 is 0 Å². The highest BCUT2D eigenvalue weighted by molar-refractivity contribution is 6.37. The Morgan fingerprint density at radius 2 is 1.92 bits per heavy atom. The predicted octanol–water partition coefficient (Wildman–Crippen LogP) is 7.07. The van der Waals surface area contributed by atoms with Crippen LogP contribution in [0.2, 0.25) is 10.0 Å². The van der Waals surface area contributed by atoms with Gasteiger partial charge in [0, 0.05) is 43.5 Å². The molecule has 0 aliphatic rings. The van der Waals surface area contributed by atoms with E-state index in [0.29, 0.717) is 21.6 Å². The molecule has 0 aliphatic carbocycles. The SMILES string of the molecule is C=C(NC)c1cc(Cl)cc(Cl)c1NC.C=Cc1cc(CN=NNC(=C)C(C)(F)F)nn1-c1ncccc1C. The largest absolute Gasteiger partial charge is 0.388 e. The van der Waals surface area contributed by atoms with Crippen molar-refractivity contribution in [2.45, 2.75) is 26.3 Å². The fourth-order valence-electron chi connectivity index (χ4n) is 3.04. The lowest BCUT2D eigenvalue weighted by molar-refractivity contribution is 0.0560. The van der Waals surface area contributed by atoms with Crippen LogP contribution in [0.5, 0.6) is 0 Å². The van der Waals surface area contributed by atoms with E-state index in [1.807, 2.05) is 32.2 Å². The lowest BCUT2D eigenvalue weighted by Gasteiger charge is -2.13. The van der Waals surface area contributed by atoms with Crippen LogP contribution >= 0.6 is 23.2 Å². The average molecular weight is 563 g/mol. The molecule has 3 aromatic rings. The average Bonchev–Trinajstić information content (AvgIpc) is 3.28. The van der Waals surface area contributed by atoms with Crippen molar-refractivity contribution in [1.29, 1.82) is 0 Å². The van der Waals surface area contributed by atoms with Crippen LogP contribution in [-0.2, 0) is 6.54 Å². The van der Waals surface area contributed by atoms with Crippen molar-refractivity contribution in [2.75, 3.05) is 19.4 Å². The Bertz CT molecular complexity index is 1330. The number of benzene rings is 1. The first-order chi connectivity index (χ1) is 17.9. The Hall–Kier alpha value is -3.76. The van der Waals surface area contributed by atoms with Crippen molar-refractivity contribution >= 4 is 40.7 Å². The highest BCUT2D eigenvalue weighted by Crippen LogP contribution is 2.32. The number of hydrogen-bond acceptors (Lipinski definition) is 6. The zero-order valence-electron chi connectivity index (χ0n) is 21.6. The fourth-order valence-corrected chi connectivity index (χ4v) is 3.63. The molecule has 2 aromatic heterocycles. The van der Waals surface area contributed by atoms with Crippen LogP contribution in [0.4, 0.5) is 14.5 Å². The molecule has 0 fully saturated rings. The van der Waals surface area contributed by atoms with Gasteiger partial charge in [-0.05, 0) is 42.8 Å². The van der Waals surface area contributed by atoms with Gasteiger partial charge in [-0.15, -0.1) is 0 Å². The van der Waals surface area contributed by atoms with E-state index in [1.165, 1.54) is 0 Å². The second-order valence-electron chi connectivity index (χ2n) is 7.99. The third kappa shape index (κ3) is 8.12. The first kappa shape index (κ1) is 30.5. The predicted molar refractivity (Wildman–Crippen MR) is 152 cm³/mol. The molecule has 0 amide bonds. The van der Waals surface area contributed by atoms with Crippen molar-refractivity contribution in [1.82, 2.24) is 25.5 Å². The Kier molecular flexibility index (Phi) is 11.0. The van der Waals surface area contributed by atoms with E-state index in [9.17, 15) is 8.78 Å². The van der Waals surface area contributed by atoms with Crippen LogP contribution in [0, 0.1) is 6.92 Å². The summed E-state index contributed by atoms with van der Waals surface area (Å²) in [5.41, 5.74) is 6.40. The van der Waals surface area contributed by atoms with Gasteiger partial charge in [0.25, 0.3) is 5.92 Å². The van der Waals surface area contributed by atoms with Crippen LogP contribution in [0.3, 0.4) is 0 Å². The molecule has 0 spiro atoms. The Morgan fingerprint density at radius 3 is 2.50 bits per heavy atom. The molecule has 0 bridgehead atoms. The quantitative estimate of drug-likeness (QED) is 0.181. The fraction of sp³-hybridized carbons (Fsp3) is 0.231. The molecule has 0 radical (unpaired) electrons. The number of hydrogen-bond donors (Lipinski definition) is 3. The van der Waals surface area contributed by atoms with Crippen molar-refractivity contribution in [2.24, 2.45) is 10.3 Å². The monoisotopic (exact) mass is 562 g/mol. The first-order valence-electron chi connectivity index (χ1n) is 11.3. The molecule has 38 heavy (non-hydrogen) atoms. The summed E-state index contributed by atoms with van der Waals surface area (Å²) in [6.07, 6.45) is 3.33. The van der Waals surface area contributed by atoms with Gasteiger partial charge in [0.2, 0.25) is 0 Å². The van der Waals surface area contributed by atoms with Crippen molar-refractivity contribution in [3.63, 3.8) is 0 Å². The minimum absolute atomic E-state index is 0.120. The van der Waals surface area contributed by atoms with Crippen molar-refractivity contribution < 1.29 is 8.78 Å². The molecule has 12 heteroatoms. The van der Waals surface area contributed by atoms with E-state index in [4.69, 9.17) is 23.2 Å². The van der Waals surface area contributed by atoms with Gasteiger partial charge in [-0.2, -0.15) is 19.0 Å². The van der Waals surface area contributed by atoms with Gasteiger partial charge in [0.05, 0.1) is 27.8 Å². The van der Waals surface area contributed by atoms with Crippen molar-refractivity contribution in [3.05, 3.63) is 94.5 Å². The van der Waals surface area contributed by atoms with E-state index >= 15 is 0 Å². The number of alkyl halides is 2. The first-order valence-corrected chi connectivity index (χ1v) is 12.0. The zero-order valence-corrected chi connectivity index (χ0v) is 23.1. The Balaban J connectivity index is 0.000000308. The van der Waals surface area contributed by atoms with Gasteiger partial charge in [-0.25, -0.2) is 9.67 Å². The van der Waals surface area contributed by atoms with Gasteiger partial charge in [-0.3, -0.25) is 5.43 Å². The molecular formula is C26H30Cl2F2N8. The Labute approximate surface area is 231 Å². The maximum Gasteiger partial charge on any atom is 0.285 e. The maximum absolute atomic E-state index is 12.9. The molecular weight excluding hydrogens is 533 g/mol. The Morgan fingerprint density at radius 1 is 1.21 bits per heavy atom. The van der Waals surface area contributed by atoms with Crippen molar-refractivity contribution in [3.8, 4) is 5.82 Å². The van der Waals surface area contributed by atoms with Gasteiger partial charge in [0.1, 0.15) is 6.54 Å². The second kappa shape index (κ2) is 13.7. The van der Waals surface area contributed by atoms with E-state index in [2.05, 4.69) is 56.2 Å². The number of nitrogens with zero attached hydrogens (tertiary/aromatic N) is 5. The molecule has 3 rings (SSSR count). The molecule has 2 heterocycles. The summed E-state index contributed by atoms with van der Waals surface area (Å²) in [6.45, 7) is 13.6. The number of pyridine rings is 1. The molecule has 8 nitrogen and oxygen atoms in total. The summed E-state index contributed by atoms with van der Waals surface area (Å²) < 4.78 is 27.4. The maximum atomic E-state index is 12.9. The lowest BCUT2D eigenvalue weighted by atomic mass is 10.1. The molecule has 0 atom stereocenters. The number of aryl methyl sites for hydroxylation is 1. The smallest absolute Gasteiger partial charge is 0.285 e. The number of halogens is 4. The standard InChI is InChI=1S/C16H18F2N6.C10H12Cl2N2/c1-5-14-9-13(10-20-23-21-12(3)16(4,17)18)22-24(14)15-11(2)7-6-8-19-15;1-6(13-2)8-4-7(11)5-9(12)10(8)14-3/h5-9H,1,3,10H2,2,4H3,(H,20,21);4-5,13-14H,1H2,2-3H3. The highest BCUT2D eigenvalue weighted by Gasteiger charge is 2.25. The van der Waals surface area contributed by atoms with Crippen LogP contribution in [0.1, 0.15) is 29.4 Å². The number of rotatable bonds is 10. The number of anilines is 1. The minimum atomic E-state index is -3.06. The summed E-state index contributed by atoms with van der Waals surface area (Å²) in [4.78, 5) is 4.31. The molecule has 1 aromatic carbocycles. The molecule has 0 aliphatic heterocycles. The van der Waals surface area contributed by atoms with E-state index in [1.54, 1.807) is 36.1 Å². The summed E-state index contributed by atoms with van der Waals surface area (Å²) in [5, 5.41) is 18.9. The number of aromatic nitrogens is 3. The van der Waals surface area contributed by atoms with Gasteiger partial charge < -0.3 is 10.6 Å². The van der Waals surface area contributed by atoms with Crippen LogP contribution in [0.15, 0.2) is 72.3 Å². The van der Waals surface area contributed by atoms with Crippen LogP contribution < -0.4 is 16.1 Å². The van der Waals surface area contributed by atoms with Gasteiger partial charge in [-0.1, -0.05) is 54.2 Å². The number of allylic oxidation sites excluding steroid dienone is 1. The molecule has 0 saturated heterocycles. The summed E-state index contributed by atoms with van der Waals surface area (Å²) in [5.74, 6) is -2.37. The van der Waals surface area contributed by atoms with E-state index in [0.717, 1.165) is 35.1 Å². The third-order valence-electron chi connectivity index (χ3n) is 5.13. The number of nitrogens with one attached hydrogen (secondary N) is 3. The molecule has 202 valence electrons. The zero-order chi connectivity index (χ0) is 28.5. The van der Waals surface area contributed by atoms with Gasteiger partial charge in [0.15, 0.2) is 5.82 Å².